The van der Waals surface area contributed by atoms with Gasteiger partial charge in [-0.15, -0.1) is 0 Å². The van der Waals surface area contributed by atoms with Crippen molar-refractivity contribution in [2.75, 3.05) is 13.1 Å². The molecule has 0 bridgehead atoms. The Morgan fingerprint density at radius 2 is 1.86 bits per heavy atom. The molecule has 0 aromatic heterocycles. The van der Waals surface area contributed by atoms with Crippen molar-refractivity contribution in [2.45, 2.75) is 12.8 Å². The van der Waals surface area contributed by atoms with Crippen molar-refractivity contribution in [3.05, 3.63) is 48.0 Å². The highest BCUT2D eigenvalue weighted by molar-refractivity contribution is 5.98. The maximum atomic E-state index is 12.5. The molecule has 1 N–H and O–H groups in total. The number of hydrogen-bond donors (Lipinski definition) is 1. The van der Waals surface area contributed by atoms with Gasteiger partial charge in [0.15, 0.2) is 0 Å². The lowest BCUT2D eigenvalue weighted by Gasteiger charge is -2.30. The van der Waals surface area contributed by atoms with Crippen LogP contribution < -0.4 is 0 Å². The molecular formula is C17H17NO3. The lowest BCUT2D eigenvalue weighted by molar-refractivity contribution is -0.143. The Morgan fingerprint density at radius 1 is 1.10 bits per heavy atom. The van der Waals surface area contributed by atoms with Crippen molar-refractivity contribution in [3.8, 4) is 0 Å². The number of carboxylic acid groups (broad SMARTS) is 1. The molecule has 0 unspecified atom stereocenters. The zero-order valence-corrected chi connectivity index (χ0v) is 11.7. The summed E-state index contributed by atoms with van der Waals surface area (Å²) in [4.78, 5) is 25.3. The summed E-state index contributed by atoms with van der Waals surface area (Å²) in [6, 6.07) is 13.5. The van der Waals surface area contributed by atoms with E-state index in [1.165, 1.54) is 0 Å². The highest BCUT2D eigenvalue weighted by Crippen LogP contribution is 2.21. The van der Waals surface area contributed by atoms with Crippen LogP contribution in [-0.2, 0) is 4.79 Å². The Hall–Kier alpha value is -2.36. The van der Waals surface area contributed by atoms with Crippen molar-refractivity contribution in [2.24, 2.45) is 5.92 Å². The highest BCUT2D eigenvalue weighted by Gasteiger charge is 2.28. The van der Waals surface area contributed by atoms with Gasteiger partial charge in [0.05, 0.1) is 5.92 Å². The largest absolute Gasteiger partial charge is 0.481 e. The van der Waals surface area contributed by atoms with Crippen LogP contribution in [0.2, 0.25) is 0 Å². The van der Waals surface area contributed by atoms with Crippen LogP contribution in [0.25, 0.3) is 10.8 Å². The van der Waals surface area contributed by atoms with Crippen molar-refractivity contribution < 1.29 is 14.7 Å². The Morgan fingerprint density at radius 3 is 2.62 bits per heavy atom. The lowest BCUT2D eigenvalue weighted by atomic mass is 9.97. The number of amides is 1. The second-order valence-electron chi connectivity index (χ2n) is 5.49. The smallest absolute Gasteiger partial charge is 0.308 e. The predicted molar refractivity (Wildman–Crippen MR) is 80.2 cm³/mol. The normalized spacial score (nSPS) is 18.7. The summed E-state index contributed by atoms with van der Waals surface area (Å²) < 4.78 is 0. The molecule has 1 saturated heterocycles. The first-order valence-corrected chi connectivity index (χ1v) is 7.16. The van der Waals surface area contributed by atoms with Crippen molar-refractivity contribution in [1.29, 1.82) is 0 Å². The van der Waals surface area contributed by atoms with E-state index in [4.69, 9.17) is 5.11 Å². The van der Waals surface area contributed by atoms with Crippen LogP contribution in [0.4, 0.5) is 0 Å². The first kappa shape index (κ1) is 13.6. The molecule has 1 aliphatic rings. The molecule has 2 aromatic carbocycles. The number of fused-ring (bicyclic) bond motifs is 1. The quantitative estimate of drug-likeness (QED) is 0.922. The first-order chi connectivity index (χ1) is 10.1. The molecule has 1 atom stereocenters. The van der Waals surface area contributed by atoms with Gasteiger partial charge in [0.25, 0.3) is 5.91 Å². The van der Waals surface area contributed by atoms with E-state index in [2.05, 4.69) is 0 Å². The molecule has 0 aliphatic carbocycles. The van der Waals surface area contributed by atoms with Crippen LogP contribution in [0.15, 0.2) is 42.5 Å². The summed E-state index contributed by atoms with van der Waals surface area (Å²) in [5.74, 6) is -1.33. The minimum Gasteiger partial charge on any atom is -0.481 e. The second kappa shape index (κ2) is 5.56. The molecule has 1 amide bonds. The minimum absolute atomic E-state index is 0.0771. The predicted octanol–water partition coefficient (Wildman–Crippen LogP) is 2.78. The van der Waals surface area contributed by atoms with E-state index in [1.54, 1.807) is 4.90 Å². The number of benzene rings is 2. The second-order valence-corrected chi connectivity index (χ2v) is 5.49. The lowest BCUT2D eigenvalue weighted by Crippen LogP contribution is -2.42. The summed E-state index contributed by atoms with van der Waals surface area (Å²) in [6.07, 6.45) is 1.40. The Bertz CT molecular complexity index is 695. The number of carbonyl (C=O) groups is 2. The van der Waals surface area contributed by atoms with E-state index >= 15 is 0 Å². The maximum Gasteiger partial charge on any atom is 0.308 e. The van der Waals surface area contributed by atoms with E-state index in [1.807, 2.05) is 42.5 Å². The van der Waals surface area contributed by atoms with Crippen LogP contribution in [0.1, 0.15) is 23.2 Å². The van der Waals surface area contributed by atoms with E-state index in [-0.39, 0.29) is 5.91 Å². The van der Waals surface area contributed by atoms with Crippen LogP contribution in [0, 0.1) is 5.92 Å². The van der Waals surface area contributed by atoms with Crippen molar-refractivity contribution in [3.63, 3.8) is 0 Å². The standard InChI is InChI=1S/C17H17NO3/c19-16(18-9-3-6-15(11-18)17(20)21)14-8-7-12-4-1-2-5-13(12)10-14/h1-2,4-5,7-8,10,15H,3,6,9,11H2,(H,20,21)/t15-/m1/s1. The fourth-order valence-corrected chi connectivity index (χ4v) is 2.87. The number of nitrogens with zero attached hydrogens (tertiary/aromatic N) is 1. The molecule has 0 spiro atoms. The number of aliphatic carboxylic acids is 1. The van der Waals surface area contributed by atoms with Gasteiger partial charge in [0, 0.05) is 18.7 Å². The molecule has 0 saturated carbocycles. The highest BCUT2D eigenvalue weighted by atomic mass is 16.4. The summed E-state index contributed by atoms with van der Waals surface area (Å²) in [5.41, 5.74) is 0.625. The average molecular weight is 283 g/mol. The van der Waals surface area contributed by atoms with Gasteiger partial charge in [-0.05, 0) is 35.7 Å². The van der Waals surface area contributed by atoms with E-state index in [0.717, 1.165) is 17.2 Å². The zero-order valence-electron chi connectivity index (χ0n) is 11.7. The monoisotopic (exact) mass is 283 g/mol. The Balaban J connectivity index is 1.84. The topological polar surface area (TPSA) is 57.6 Å². The summed E-state index contributed by atoms with van der Waals surface area (Å²) in [7, 11) is 0. The number of likely N-dealkylation sites (tertiary alicyclic amines) is 1. The van der Waals surface area contributed by atoms with Crippen LogP contribution >= 0.6 is 0 Å². The molecule has 3 rings (SSSR count). The van der Waals surface area contributed by atoms with E-state index in [9.17, 15) is 9.59 Å². The van der Waals surface area contributed by atoms with Crippen molar-refractivity contribution in [1.82, 2.24) is 4.90 Å². The fraction of sp³-hybridized carbons (Fsp3) is 0.294. The third-order valence-electron chi connectivity index (χ3n) is 4.05. The SMILES string of the molecule is O=C(O)[C@@H]1CCCN(C(=O)c2ccc3ccccc3c2)C1. The number of hydrogen-bond acceptors (Lipinski definition) is 2. The van der Waals surface area contributed by atoms with E-state index in [0.29, 0.717) is 25.1 Å². The van der Waals surface area contributed by atoms with Gasteiger partial charge < -0.3 is 10.0 Å². The molecule has 2 aromatic rings. The molecule has 0 radical (unpaired) electrons. The van der Waals surface area contributed by atoms with E-state index < -0.39 is 11.9 Å². The number of carbonyl (C=O) groups excluding carboxylic acids is 1. The molecule has 1 fully saturated rings. The molecule has 108 valence electrons. The number of rotatable bonds is 2. The van der Waals surface area contributed by atoms with Gasteiger partial charge in [0.1, 0.15) is 0 Å². The number of carboxylic acids is 1. The molecule has 21 heavy (non-hydrogen) atoms. The summed E-state index contributed by atoms with van der Waals surface area (Å²) >= 11 is 0. The first-order valence-electron chi connectivity index (χ1n) is 7.16. The minimum atomic E-state index is -0.814. The zero-order chi connectivity index (χ0) is 14.8. The molecule has 1 aliphatic heterocycles. The van der Waals surface area contributed by atoms with Gasteiger partial charge in [-0.2, -0.15) is 0 Å². The van der Waals surface area contributed by atoms with Crippen LogP contribution in [0.5, 0.6) is 0 Å². The fourth-order valence-electron chi connectivity index (χ4n) is 2.87. The third kappa shape index (κ3) is 2.75. The Labute approximate surface area is 123 Å². The molecule has 4 nitrogen and oxygen atoms in total. The van der Waals surface area contributed by atoms with Gasteiger partial charge in [-0.1, -0.05) is 30.3 Å². The van der Waals surface area contributed by atoms with Crippen LogP contribution in [-0.4, -0.2) is 35.0 Å². The number of piperidine rings is 1. The third-order valence-corrected chi connectivity index (χ3v) is 4.05. The summed E-state index contributed by atoms with van der Waals surface area (Å²) in [5, 5.41) is 11.2. The molecule has 4 heteroatoms. The van der Waals surface area contributed by atoms with Gasteiger partial charge >= 0.3 is 5.97 Å². The average Bonchev–Trinajstić information content (AvgIpc) is 2.53. The Kier molecular flexibility index (Phi) is 3.60. The molecule has 1 heterocycles. The van der Waals surface area contributed by atoms with Crippen LogP contribution in [0.3, 0.4) is 0 Å². The molecular weight excluding hydrogens is 266 g/mol. The van der Waals surface area contributed by atoms with Crippen molar-refractivity contribution >= 4 is 22.6 Å². The van der Waals surface area contributed by atoms with Gasteiger partial charge in [-0.3, -0.25) is 9.59 Å². The summed E-state index contributed by atoms with van der Waals surface area (Å²) in [6.45, 7) is 0.941. The maximum absolute atomic E-state index is 12.5. The van der Waals surface area contributed by atoms with Gasteiger partial charge in [-0.25, -0.2) is 0 Å². The van der Waals surface area contributed by atoms with Gasteiger partial charge in [0.2, 0.25) is 0 Å².